The quantitative estimate of drug-likeness (QED) is 0.185. The average molecular weight is 620 g/mol. The SMILES string of the molecule is C[Si]1(C)c2ccccc2-c2nc(-c3ccc(-n4c5ccccc5c5c6oc7ccccc7c6ccc54)cc3)nc(-c3ccccc3)c21. The van der Waals surface area contributed by atoms with Crippen LogP contribution in [0.15, 0.2) is 144 Å². The smallest absolute Gasteiger partial charge is 0.160 e. The number of fused-ring (bicyclic) bond motifs is 10. The minimum atomic E-state index is -2.00. The van der Waals surface area contributed by atoms with E-state index in [0.717, 1.165) is 72.4 Å². The Morgan fingerprint density at radius 2 is 1.26 bits per heavy atom. The minimum Gasteiger partial charge on any atom is -0.455 e. The molecule has 4 nitrogen and oxygen atoms in total. The molecule has 10 rings (SSSR count). The van der Waals surface area contributed by atoms with Gasteiger partial charge in [-0.1, -0.05) is 104 Å². The second-order valence-electron chi connectivity index (χ2n) is 13.0. The van der Waals surface area contributed by atoms with E-state index in [0.29, 0.717) is 0 Å². The highest BCUT2D eigenvalue weighted by atomic mass is 28.3. The standard InChI is InChI=1S/C42H29N3OSi/c1-47(2)36-19-11-8-16-32(36)39-41(47)38(26-12-4-3-5-13-26)43-42(44-39)27-20-22-28(23-21-27)45-33-17-9-6-15-31(33)37-34(45)25-24-30-29-14-7-10-18-35(29)46-40(30)37/h3-25H,1-2H3. The molecule has 0 amide bonds. The molecule has 5 heteroatoms. The third-order valence-corrected chi connectivity index (χ3v) is 13.5. The van der Waals surface area contributed by atoms with Gasteiger partial charge < -0.3 is 8.98 Å². The van der Waals surface area contributed by atoms with Crippen LogP contribution >= 0.6 is 0 Å². The van der Waals surface area contributed by atoms with Crippen molar-refractivity contribution in [3.63, 3.8) is 0 Å². The van der Waals surface area contributed by atoms with E-state index < -0.39 is 8.07 Å². The summed E-state index contributed by atoms with van der Waals surface area (Å²) in [5.41, 5.74) is 10.7. The van der Waals surface area contributed by atoms with Gasteiger partial charge in [-0.25, -0.2) is 9.97 Å². The molecule has 0 unspecified atom stereocenters. The Morgan fingerprint density at radius 3 is 2.11 bits per heavy atom. The molecule has 0 fully saturated rings. The lowest BCUT2D eigenvalue weighted by Crippen LogP contribution is -2.50. The van der Waals surface area contributed by atoms with Crippen molar-refractivity contribution in [2.24, 2.45) is 0 Å². The number of hydrogen-bond donors (Lipinski definition) is 0. The van der Waals surface area contributed by atoms with Crippen molar-refractivity contribution < 1.29 is 4.42 Å². The van der Waals surface area contributed by atoms with Crippen LogP contribution in [0.4, 0.5) is 0 Å². The van der Waals surface area contributed by atoms with Gasteiger partial charge in [0.15, 0.2) is 5.82 Å². The summed E-state index contributed by atoms with van der Waals surface area (Å²) in [6.45, 7) is 4.85. The monoisotopic (exact) mass is 619 g/mol. The van der Waals surface area contributed by atoms with Crippen LogP contribution < -0.4 is 10.4 Å². The maximum Gasteiger partial charge on any atom is 0.160 e. The van der Waals surface area contributed by atoms with Gasteiger partial charge in [-0.2, -0.15) is 0 Å². The highest BCUT2D eigenvalue weighted by Gasteiger charge is 2.41. The topological polar surface area (TPSA) is 43.9 Å². The van der Waals surface area contributed by atoms with Crippen molar-refractivity contribution in [3.8, 4) is 39.6 Å². The lowest BCUT2D eigenvalue weighted by molar-refractivity contribution is 0.673. The van der Waals surface area contributed by atoms with Crippen molar-refractivity contribution >= 4 is 62.2 Å². The van der Waals surface area contributed by atoms with E-state index in [1.165, 1.54) is 21.3 Å². The molecule has 0 atom stereocenters. The summed E-state index contributed by atoms with van der Waals surface area (Å²) >= 11 is 0. The maximum absolute atomic E-state index is 6.50. The summed E-state index contributed by atoms with van der Waals surface area (Å²) in [6.07, 6.45) is 0. The zero-order valence-electron chi connectivity index (χ0n) is 26.0. The number of rotatable bonds is 3. The van der Waals surface area contributed by atoms with Crippen LogP contribution in [0.25, 0.3) is 83.3 Å². The van der Waals surface area contributed by atoms with Crippen molar-refractivity contribution in [3.05, 3.63) is 140 Å². The van der Waals surface area contributed by atoms with Crippen LogP contribution in [0.3, 0.4) is 0 Å². The van der Waals surface area contributed by atoms with Crippen LogP contribution in [-0.2, 0) is 0 Å². The lowest BCUT2D eigenvalue weighted by Gasteiger charge is -2.21. The van der Waals surface area contributed by atoms with E-state index in [9.17, 15) is 0 Å². The Bertz CT molecular complexity index is 2700. The molecule has 0 aliphatic carbocycles. The zero-order chi connectivity index (χ0) is 31.3. The van der Waals surface area contributed by atoms with Crippen molar-refractivity contribution in [1.29, 1.82) is 0 Å². The molecule has 1 aliphatic heterocycles. The summed E-state index contributed by atoms with van der Waals surface area (Å²) in [5, 5.41) is 7.35. The van der Waals surface area contributed by atoms with Gasteiger partial charge in [-0.3, -0.25) is 0 Å². The highest BCUT2D eigenvalue weighted by molar-refractivity contribution is 7.04. The number of aromatic nitrogens is 3. The fourth-order valence-electron chi connectivity index (χ4n) is 7.82. The van der Waals surface area contributed by atoms with Gasteiger partial charge in [0, 0.05) is 33.0 Å². The van der Waals surface area contributed by atoms with Crippen LogP contribution in [0.2, 0.25) is 13.1 Å². The van der Waals surface area contributed by atoms with Crippen LogP contribution in [0.1, 0.15) is 0 Å². The Balaban J connectivity index is 1.16. The number of hydrogen-bond acceptors (Lipinski definition) is 3. The van der Waals surface area contributed by atoms with Gasteiger partial charge in [0.2, 0.25) is 0 Å². The third-order valence-electron chi connectivity index (χ3n) is 10.0. The predicted molar refractivity (Wildman–Crippen MR) is 197 cm³/mol. The molecule has 0 saturated carbocycles. The Morgan fingerprint density at radius 1 is 0.553 bits per heavy atom. The fraction of sp³-hybridized carbons (Fsp3) is 0.0476. The molecular formula is C42H29N3OSi. The number of benzene rings is 6. The van der Waals surface area contributed by atoms with E-state index in [1.54, 1.807) is 0 Å². The highest BCUT2D eigenvalue weighted by Crippen LogP contribution is 2.41. The largest absolute Gasteiger partial charge is 0.455 e. The average Bonchev–Trinajstić information content (AvgIpc) is 3.74. The predicted octanol–water partition coefficient (Wildman–Crippen LogP) is 9.61. The summed E-state index contributed by atoms with van der Waals surface area (Å²) in [4.78, 5) is 10.6. The molecule has 47 heavy (non-hydrogen) atoms. The van der Waals surface area contributed by atoms with Gasteiger partial charge in [0.05, 0.1) is 27.8 Å². The Hall–Kier alpha value is -5.78. The molecule has 0 radical (unpaired) electrons. The molecule has 6 aromatic carbocycles. The molecule has 9 aromatic rings. The van der Waals surface area contributed by atoms with Gasteiger partial charge in [0.1, 0.15) is 19.2 Å². The minimum absolute atomic E-state index is 0.752. The van der Waals surface area contributed by atoms with E-state index >= 15 is 0 Å². The number of para-hydroxylation sites is 2. The molecule has 0 bridgehead atoms. The van der Waals surface area contributed by atoms with Gasteiger partial charge in [-0.05, 0) is 64.5 Å². The number of furan rings is 1. The summed E-state index contributed by atoms with van der Waals surface area (Å²) in [6, 6.07) is 49.4. The first-order chi connectivity index (χ1) is 23.1. The molecule has 0 spiro atoms. The maximum atomic E-state index is 6.50. The normalized spacial score (nSPS) is 13.5. The van der Waals surface area contributed by atoms with Crippen LogP contribution in [0, 0.1) is 0 Å². The van der Waals surface area contributed by atoms with E-state index in [1.807, 2.05) is 12.1 Å². The molecule has 1 aliphatic rings. The first-order valence-corrected chi connectivity index (χ1v) is 19.1. The van der Waals surface area contributed by atoms with Crippen LogP contribution in [0.5, 0.6) is 0 Å². The van der Waals surface area contributed by atoms with Crippen molar-refractivity contribution in [2.45, 2.75) is 13.1 Å². The van der Waals surface area contributed by atoms with Crippen LogP contribution in [-0.4, -0.2) is 22.6 Å². The first-order valence-electron chi connectivity index (χ1n) is 16.1. The zero-order valence-corrected chi connectivity index (χ0v) is 27.0. The number of nitrogens with zero attached hydrogens (tertiary/aromatic N) is 3. The summed E-state index contributed by atoms with van der Waals surface area (Å²) < 4.78 is 8.83. The Labute approximate surface area is 272 Å². The van der Waals surface area contributed by atoms with E-state index in [2.05, 4.69) is 145 Å². The van der Waals surface area contributed by atoms with Crippen molar-refractivity contribution in [1.82, 2.24) is 14.5 Å². The summed E-state index contributed by atoms with van der Waals surface area (Å²) in [5.74, 6) is 0.752. The third kappa shape index (κ3) is 3.69. The lowest BCUT2D eigenvalue weighted by atomic mass is 10.1. The fourth-order valence-corrected chi connectivity index (χ4v) is 11.1. The van der Waals surface area contributed by atoms with E-state index in [-0.39, 0.29) is 0 Å². The summed E-state index contributed by atoms with van der Waals surface area (Å²) in [7, 11) is -2.00. The van der Waals surface area contributed by atoms with Gasteiger partial charge in [0.25, 0.3) is 0 Å². The Kier molecular flexibility index (Phi) is 5.41. The first kappa shape index (κ1) is 26.4. The van der Waals surface area contributed by atoms with E-state index in [4.69, 9.17) is 14.4 Å². The molecule has 0 saturated heterocycles. The van der Waals surface area contributed by atoms with Gasteiger partial charge in [-0.15, -0.1) is 0 Å². The van der Waals surface area contributed by atoms with Gasteiger partial charge >= 0.3 is 0 Å². The second-order valence-corrected chi connectivity index (χ2v) is 17.3. The second kappa shape index (κ2) is 9.61. The molecule has 3 aromatic heterocycles. The molecule has 4 heterocycles. The molecular weight excluding hydrogens is 591 g/mol. The van der Waals surface area contributed by atoms with Crippen molar-refractivity contribution in [2.75, 3.05) is 0 Å². The molecule has 0 N–H and O–H groups in total. The molecule has 222 valence electrons.